The third-order valence-corrected chi connectivity index (χ3v) is 4.22. The molecule has 2 fully saturated rings. The molecular formula is C14H25N2O. The van der Waals surface area contributed by atoms with Gasteiger partial charge in [-0.2, -0.15) is 0 Å². The van der Waals surface area contributed by atoms with Gasteiger partial charge in [0.15, 0.2) is 0 Å². The lowest BCUT2D eigenvalue weighted by Crippen LogP contribution is -2.38. The Hall–Kier alpha value is -0.570. The van der Waals surface area contributed by atoms with Gasteiger partial charge < -0.3 is 4.90 Å². The van der Waals surface area contributed by atoms with Crippen molar-refractivity contribution in [2.24, 2.45) is 11.8 Å². The molecule has 0 aromatic heterocycles. The van der Waals surface area contributed by atoms with Gasteiger partial charge in [-0.25, -0.2) is 5.32 Å². The fraction of sp³-hybridized carbons (Fsp3) is 0.929. The first-order chi connectivity index (χ1) is 8.25. The first-order valence-electron chi connectivity index (χ1n) is 7.16. The van der Waals surface area contributed by atoms with E-state index in [-0.39, 0.29) is 0 Å². The normalized spacial score (nSPS) is 27.1. The van der Waals surface area contributed by atoms with Crippen LogP contribution in [0.4, 0.5) is 0 Å². The predicted octanol–water partition coefficient (Wildman–Crippen LogP) is 2.04. The summed E-state index contributed by atoms with van der Waals surface area (Å²) < 4.78 is 0. The van der Waals surface area contributed by atoms with Gasteiger partial charge in [-0.1, -0.05) is 6.92 Å². The SMILES string of the molecule is CC1CCN(C(=O)CCC2CCC[N]C2)CC1. The van der Waals surface area contributed by atoms with Gasteiger partial charge in [0.05, 0.1) is 0 Å². The molecule has 1 atom stereocenters. The van der Waals surface area contributed by atoms with Crippen LogP contribution in [-0.2, 0) is 4.79 Å². The molecule has 1 amide bonds. The molecular weight excluding hydrogens is 212 g/mol. The first-order valence-corrected chi connectivity index (χ1v) is 7.16. The summed E-state index contributed by atoms with van der Waals surface area (Å²) in [5.41, 5.74) is 0. The number of rotatable bonds is 3. The zero-order valence-corrected chi connectivity index (χ0v) is 11.0. The second-order valence-corrected chi connectivity index (χ2v) is 5.74. The summed E-state index contributed by atoms with van der Waals surface area (Å²) in [6, 6.07) is 0. The third kappa shape index (κ3) is 3.98. The summed E-state index contributed by atoms with van der Waals surface area (Å²) in [7, 11) is 0. The van der Waals surface area contributed by atoms with Gasteiger partial charge in [-0.05, 0) is 43.9 Å². The highest BCUT2D eigenvalue weighted by Crippen LogP contribution is 2.20. The number of carbonyl (C=O) groups excluding carboxylic acids is 1. The van der Waals surface area contributed by atoms with Gasteiger partial charge in [0.25, 0.3) is 0 Å². The van der Waals surface area contributed by atoms with Crippen LogP contribution < -0.4 is 5.32 Å². The molecule has 0 aliphatic carbocycles. The van der Waals surface area contributed by atoms with Crippen molar-refractivity contribution in [1.29, 1.82) is 0 Å². The fourth-order valence-electron chi connectivity index (χ4n) is 2.84. The molecule has 0 spiro atoms. The van der Waals surface area contributed by atoms with Gasteiger partial charge in [0, 0.05) is 32.6 Å². The molecule has 0 aromatic carbocycles. The topological polar surface area (TPSA) is 34.4 Å². The van der Waals surface area contributed by atoms with Crippen molar-refractivity contribution >= 4 is 5.91 Å². The molecule has 2 aliphatic rings. The maximum atomic E-state index is 12.0. The zero-order valence-electron chi connectivity index (χ0n) is 11.0. The van der Waals surface area contributed by atoms with Gasteiger partial charge in [0.1, 0.15) is 0 Å². The van der Waals surface area contributed by atoms with Crippen molar-refractivity contribution in [3.8, 4) is 0 Å². The van der Waals surface area contributed by atoms with Crippen LogP contribution in [0.25, 0.3) is 0 Å². The summed E-state index contributed by atoms with van der Waals surface area (Å²) in [4.78, 5) is 14.1. The smallest absolute Gasteiger partial charge is 0.222 e. The highest BCUT2D eigenvalue weighted by atomic mass is 16.2. The van der Waals surface area contributed by atoms with E-state index in [2.05, 4.69) is 17.1 Å². The van der Waals surface area contributed by atoms with Crippen LogP contribution >= 0.6 is 0 Å². The Labute approximate surface area is 105 Å². The molecule has 3 nitrogen and oxygen atoms in total. The van der Waals surface area contributed by atoms with E-state index in [0.717, 1.165) is 44.9 Å². The highest BCUT2D eigenvalue weighted by Gasteiger charge is 2.21. The molecule has 0 saturated carbocycles. The molecule has 0 N–H and O–H groups in total. The first kappa shape index (κ1) is 12.9. The van der Waals surface area contributed by atoms with Crippen LogP contribution in [0, 0.1) is 11.8 Å². The Kier molecular flexibility index (Phi) is 4.84. The Morgan fingerprint density at radius 2 is 2.06 bits per heavy atom. The van der Waals surface area contributed by atoms with E-state index in [1.54, 1.807) is 0 Å². The van der Waals surface area contributed by atoms with E-state index < -0.39 is 0 Å². The number of hydrogen-bond donors (Lipinski definition) is 0. The Morgan fingerprint density at radius 1 is 1.29 bits per heavy atom. The van der Waals surface area contributed by atoms with Crippen molar-refractivity contribution in [2.75, 3.05) is 26.2 Å². The van der Waals surface area contributed by atoms with Gasteiger partial charge in [-0.3, -0.25) is 4.79 Å². The predicted molar refractivity (Wildman–Crippen MR) is 68.8 cm³/mol. The van der Waals surface area contributed by atoms with Crippen LogP contribution in [0.2, 0.25) is 0 Å². The highest BCUT2D eigenvalue weighted by molar-refractivity contribution is 5.76. The number of hydrogen-bond acceptors (Lipinski definition) is 1. The van der Waals surface area contributed by atoms with Crippen molar-refractivity contribution in [3.05, 3.63) is 0 Å². The van der Waals surface area contributed by atoms with Crippen molar-refractivity contribution in [3.63, 3.8) is 0 Å². The number of amides is 1. The maximum absolute atomic E-state index is 12.0. The standard InChI is InChI=1S/C14H25N2O/c1-12-6-9-16(10-7-12)14(17)5-4-13-3-2-8-15-11-13/h12-13H,2-11H2,1H3. The maximum Gasteiger partial charge on any atom is 0.222 e. The van der Waals surface area contributed by atoms with E-state index in [9.17, 15) is 4.79 Å². The molecule has 97 valence electrons. The molecule has 2 saturated heterocycles. The van der Waals surface area contributed by atoms with Crippen molar-refractivity contribution < 1.29 is 4.79 Å². The lowest BCUT2D eigenvalue weighted by atomic mass is 9.94. The Morgan fingerprint density at radius 3 is 2.71 bits per heavy atom. The van der Waals surface area contributed by atoms with Crippen LogP contribution in [0.5, 0.6) is 0 Å². The summed E-state index contributed by atoms with van der Waals surface area (Å²) in [6.45, 7) is 6.27. The van der Waals surface area contributed by atoms with Crippen LogP contribution in [-0.4, -0.2) is 37.0 Å². The molecule has 3 heteroatoms. The number of carbonyl (C=O) groups is 1. The molecule has 1 unspecified atom stereocenters. The second-order valence-electron chi connectivity index (χ2n) is 5.74. The molecule has 0 aromatic rings. The molecule has 2 aliphatic heterocycles. The summed E-state index contributed by atoms with van der Waals surface area (Å²) in [6.07, 6.45) is 6.66. The number of likely N-dealkylation sites (tertiary alicyclic amines) is 1. The largest absolute Gasteiger partial charge is 0.343 e. The monoisotopic (exact) mass is 237 g/mol. The Bertz CT molecular complexity index is 241. The average molecular weight is 237 g/mol. The molecule has 17 heavy (non-hydrogen) atoms. The van der Waals surface area contributed by atoms with Gasteiger partial charge in [-0.15, -0.1) is 0 Å². The minimum absolute atomic E-state index is 0.377. The van der Waals surface area contributed by atoms with Crippen LogP contribution in [0.15, 0.2) is 0 Å². The fourth-order valence-corrected chi connectivity index (χ4v) is 2.84. The number of piperidine rings is 2. The van der Waals surface area contributed by atoms with Crippen molar-refractivity contribution in [2.45, 2.75) is 45.4 Å². The van der Waals surface area contributed by atoms with Gasteiger partial charge >= 0.3 is 0 Å². The Balaban J connectivity index is 1.66. The minimum atomic E-state index is 0.377. The molecule has 0 bridgehead atoms. The van der Waals surface area contributed by atoms with Crippen LogP contribution in [0.1, 0.15) is 45.4 Å². The lowest BCUT2D eigenvalue weighted by Gasteiger charge is -2.31. The average Bonchev–Trinajstić information content (AvgIpc) is 2.38. The minimum Gasteiger partial charge on any atom is -0.343 e. The molecule has 1 radical (unpaired) electrons. The van der Waals surface area contributed by atoms with E-state index in [1.165, 1.54) is 25.7 Å². The van der Waals surface area contributed by atoms with E-state index in [1.807, 2.05) is 0 Å². The quantitative estimate of drug-likeness (QED) is 0.739. The van der Waals surface area contributed by atoms with E-state index in [0.29, 0.717) is 11.8 Å². The van der Waals surface area contributed by atoms with E-state index >= 15 is 0 Å². The molecule has 2 rings (SSSR count). The molecule has 2 heterocycles. The summed E-state index contributed by atoms with van der Waals surface area (Å²) >= 11 is 0. The third-order valence-electron chi connectivity index (χ3n) is 4.22. The van der Waals surface area contributed by atoms with Crippen LogP contribution in [0.3, 0.4) is 0 Å². The lowest BCUT2D eigenvalue weighted by molar-refractivity contribution is -0.132. The summed E-state index contributed by atoms with van der Waals surface area (Å²) in [5, 5.41) is 4.43. The number of nitrogens with zero attached hydrogens (tertiary/aromatic N) is 2. The summed E-state index contributed by atoms with van der Waals surface area (Å²) in [5.74, 6) is 1.86. The van der Waals surface area contributed by atoms with Crippen molar-refractivity contribution in [1.82, 2.24) is 10.2 Å². The van der Waals surface area contributed by atoms with E-state index in [4.69, 9.17) is 0 Å². The second kappa shape index (κ2) is 6.39. The zero-order chi connectivity index (χ0) is 12.1. The van der Waals surface area contributed by atoms with Gasteiger partial charge in [0.2, 0.25) is 5.91 Å².